The molecule has 1 aliphatic heterocycles. The van der Waals surface area contributed by atoms with E-state index < -0.39 is 5.82 Å². The average molecular weight is 665 g/mol. The van der Waals surface area contributed by atoms with Gasteiger partial charge in [-0.05, 0) is 70.8 Å². The first-order valence-corrected chi connectivity index (χ1v) is 15.6. The Bertz CT molecular complexity index is 1710. The second-order valence-electron chi connectivity index (χ2n) is 11.6. The fourth-order valence-electron chi connectivity index (χ4n) is 4.67. The van der Waals surface area contributed by atoms with Gasteiger partial charge in [-0.3, -0.25) is 9.99 Å². The van der Waals surface area contributed by atoms with Crippen molar-refractivity contribution in [3.63, 3.8) is 0 Å². The van der Waals surface area contributed by atoms with Crippen LogP contribution in [0, 0.1) is 17.1 Å². The first-order valence-electron chi connectivity index (χ1n) is 14.9. The van der Waals surface area contributed by atoms with Crippen LogP contribution >= 0.6 is 23.2 Å². The molecule has 3 aromatic rings. The molecular formula is C34H40Cl2FN9. The fraction of sp³-hybridized carbons (Fsp3) is 0.294. The van der Waals surface area contributed by atoms with E-state index in [1.807, 2.05) is 29.4 Å². The van der Waals surface area contributed by atoms with Crippen LogP contribution in [0.15, 0.2) is 84.4 Å². The lowest BCUT2D eigenvalue weighted by Crippen LogP contribution is -2.42. The number of nitrogens with one attached hydrogen (secondary N) is 5. The van der Waals surface area contributed by atoms with E-state index in [4.69, 9.17) is 23.2 Å². The minimum Gasteiger partial charge on any atom is -0.373 e. The van der Waals surface area contributed by atoms with Crippen LogP contribution in [-0.2, 0) is 0 Å². The molecule has 9 nitrogen and oxygen atoms in total. The van der Waals surface area contributed by atoms with Crippen molar-refractivity contribution in [3.05, 3.63) is 106 Å². The van der Waals surface area contributed by atoms with Crippen LogP contribution < -0.4 is 26.9 Å². The highest BCUT2D eigenvalue weighted by molar-refractivity contribution is 6.36. The Hall–Kier alpha value is -4.11. The molecule has 46 heavy (non-hydrogen) atoms. The molecule has 1 atom stereocenters. The molecule has 0 saturated carbocycles. The molecule has 0 amide bonds. The highest BCUT2D eigenvalue weighted by Gasteiger charge is 2.24. The molecule has 0 radical (unpaired) electrons. The molecule has 1 aliphatic rings. The number of allylic oxidation sites excluding steroid dienone is 2. The van der Waals surface area contributed by atoms with Gasteiger partial charge in [0.1, 0.15) is 11.9 Å². The molecule has 0 saturated heterocycles. The lowest BCUT2D eigenvalue weighted by molar-refractivity contribution is 0.221. The summed E-state index contributed by atoms with van der Waals surface area (Å²) in [6.07, 6.45) is 9.50. The average Bonchev–Trinajstić information content (AvgIpc) is 3.50. The van der Waals surface area contributed by atoms with Crippen molar-refractivity contribution in [2.24, 2.45) is 0 Å². The van der Waals surface area contributed by atoms with Gasteiger partial charge >= 0.3 is 0 Å². The Morgan fingerprint density at radius 3 is 2.63 bits per heavy atom. The number of likely N-dealkylation sites (N-methyl/N-ethyl adjacent to an activating group) is 1. The summed E-state index contributed by atoms with van der Waals surface area (Å²) in [6, 6.07) is 9.96. The maximum absolute atomic E-state index is 13.8. The van der Waals surface area contributed by atoms with Gasteiger partial charge in [0.05, 0.1) is 38.6 Å². The number of hydrazine groups is 2. The third-order valence-electron chi connectivity index (χ3n) is 7.22. The second kappa shape index (κ2) is 15.9. The largest absolute Gasteiger partial charge is 0.373 e. The number of anilines is 3. The van der Waals surface area contributed by atoms with Crippen molar-refractivity contribution in [1.29, 1.82) is 5.26 Å². The number of hydrogen-bond acceptors (Lipinski definition) is 9. The zero-order valence-electron chi connectivity index (χ0n) is 26.7. The zero-order chi connectivity index (χ0) is 33.4. The van der Waals surface area contributed by atoms with Gasteiger partial charge in [-0.1, -0.05) is 53.6 Å². The molecule has 0 spiro atoms. The molecule has 1 aromatic heterocycles. The molecule has 4 rings (SSSR count). The number of rotatable bonds is 14. The van der Waals surface area contributed by atoms with Gasteiger partial charge < -0.3 is 26.3 Å². The van der Waals surface area contributed by atoms with Crippen LogP contribution in [0.1, 0.15) is 26.3 Å². The number of pyridine rings is 1. The smallest absolute Gasteiger partial charge is 0.141 e. The van der Waals surface area contributed by atoms with E-state index in [-0.39, 0.29) is 17.1 Å². The molecule has 0 bridgehead atoms. The van der Waals surface area contributed by atoms with Crippen LogP contribution in [-0.4, -0.2) is 60.7 Å². The first-order chi connectivity index (χ1) is 22.0. The quantitative estimate of drug-likeness (QED) is 0.0935. The third-order valence-corrected chi connectivity index (χ3v) is 7.80. The molecule has 0 aliphatic carbocycles. The van der Waals surface area contributed by atoms with Gasteiger partial charge in [-0.25, -0.2) is 4.39 Å². The molecule has 0 fully saturated rings. The van der Waals surface area contributed by atoms with E-state index in [2.05, 4.69) is 90.4 Å². The van der Waals surface area contributed by atoms with Crippen molar-refractivity contribution in [2.75, 3.05) is 44.4 Å². The summed E-state index contributed by atoms with van der Waals surface area (Å²) in [5.74, 6) is -0.537. The molecule has 12 heteroatoms. The minimum atomic E-state index is -0.537. The number of nitrogens with zero attached hydrogens (tertiary/aromatic N) is 4. The standard InChI is InChI=1S/C34H40Cl2FN9/c1-21(2)46-20-31(43-44-46)32(23(4)9-7-8-22(3)18-39-12-13-45(5)6)42-26-14-27-33(41-25-10-11-30(37)28(35)15-25)24(17-38)19-40-34(27)29(36)16-26/h7-11,14-16,19-21,32,39,42-44H,4,12-13,18H2,1-3,5-6H3,(H,40,41)/b9-7-,22-8+/t32-/m0/s1. The topological polar surface area (TPSA) is 103 Å². The van der Waals surface area contributed by atoms with Gasteiger partial charge in [0.2, 0.25) is 0 Å². The van der Waals surface area contributed by atoms with E-state index in [0.29, 0.717) is 38.6 Å². The molecule has 5 N–H and O–H groups in total. The van der Waals surface area contributed by atoms with Crippen molar-refractivity contribution >= 4 is 51.2 Å². The maximum atomic E-state index is 13.8. The van der Waals surface area contributed by atoms with Gasteiger partial charge in [0.15, 0.2) is 0 Å². The Balaban J connectivity index is 1.66. The predicted molar refractivity (Wildman–Crippen MR) is 188 cm³/mol. The summed E-state index contributed by atoms with van der Waals surface area (Å²) in [7, 11) is 4.11. The fourth-order valence-corrected chi connectivity index (χ4v) is 5.11. The van der Waals surface area contributed by atoms with E-state index in [1.165, 1.54) is 23.9 Å². The number of halogens is 3. The van der Waals surface area contributed by atoms with E-state index in [0.717, 1.165) is 30.9 Å². The lowest BCUT2D eigenvalue weighted by atomic mass is 10.0. The summed E-state index contributed by atoms with van der Waals surface area (Å²) in [6.45, 7) is 13.3. The van der Waals surface area contributed by atoms with Gasteiger partial charge in [0.25, 0.3) is 0 Å². The van der Waals surface area contributed by atoms with Gasteiger partial charge in [0, 0.05) is 54.8 Å². The van der Waals surface area contributed by atoms with Crippen LogP contribution in [0.4, 0.5) is 21.5 Å². The number of fused-ring (bicyclic) bond motifs is 1. The molecule has 2 aromatic carbocycles. The van der Waals surface area contributed by atoms with E-state index in [9.17, 15) is 9.65 Å². The third kappa shape index (κ3) is 9.00. The van der Waals surface area contributed by atoms with Crippen molar-refractivity contribution in [3.8, 4) is 6.07 Å². The van der Waals surface area contributed by atoms with Crippen molar-refractivity contribution < 1.29 is 4.39 Å². The Morgan fingerprint density at radius 2 is 1.96 bits per heavy atom. The number of nitriles is 1. The number of aromatic nitrogens is 1. The van der Waals surface area contributed by atoms with Gasteiger partial charge in [-0.15, -0.1) is 5.53 Å². The summed E-state index contributed by atoms with van der Waals surface area (Å²) in [5.41, 5.74) is 11.8. The summed E-state index contributed by atoms with van der Waals surface area (Å²) in [4.78, 5) is 6.59. The van der Waals surface area contributed by atoms with Crippen LogP contribution in [0.3, 0.4) is 0 Å². The highest BCUT2D eigenvalue weighted by Crippen LogP contribution is 2.36. The minimum absolute atomic E-state index is 0.0383. The van der Waals surface area contributed by atoms with Crippen molar-refractivity contribution in [1.82, 2.24) is 31.2 Å². The maximum Gasteiger partial charge on any atom is 0.141 e. The normalized spacial score (nSPS) is 14.2. The van der Waals surface area contributed by atoms with E-state index >= 15 is 0 Å². The lowest BCUT2D eigenvalue weighted by Gasteiger charge is -2.22. The van der Waals surface area contributed by atoms with Gasteiger partial charge in [-0.2, -0.15) is 5.26 Å². The summed E-state index contributed by atoms with van der Waals surface area (Å²) >= 11 is 12.8. The predicted octanol–water partition coefficient (Wildman–Crippen LogP) is 6.86. The number of hydrogen-bond donors (Lipinski definition) is 5. The highest BCUT2D eigenvalue weighted by atomic mass is 35.5. The SMILES string of the molecule is C=C(/C=C\C=C(/C)CNCCN(C)C)[C@H](Nc1cc(Cl)c2ncc(C#N)c(Nc3ccc(F)c(Cl)c3)c2c1)C1=CN(C(C)C)NN1. The molecule has 0 unspecified atom stereocenters. The first kappa shape index (κ1) is 34.8. The van der Waals surface area contributed by atoms with Crippen LogP contribution in [0.5, 0.6) is 0 Å². The Kier molecular flexibility index (Phi) is 12.0. The van der Waals surface area contributed by atoms with E-state index in [1.54, 1.807) is 12.1 Å². The van der Waals surface area contributed by atoms with Crippen LogP contribution in [0.2, 0.25) is 10.0 Å². The Labute approximate surface area is 280 Å². The molecule has 242 valence electrons. The summed E-state index contributed by atoms with van der Waals surface area (Å²) in [5, 5.41) is 23.1. The number of benzene rings is 2. The summed E-state index contributed by atoms with van der Waals surface area (Å²) < 4.78 is 13.8. The van der Waals surface area contributed by atoms with Crippen molar-refractivity contribution in [2.45, 2.75) is 32.9 Å². The van der Waals surface area contributed by atoms with Crippen LogP contribution in [0.25, 0.3) is 10.9 Å². The second-order valence-corrected chi connectivity index (χ2v) is 12.4. The zero-order valence-corrected chi connectivity index (χ0v) is 28.2. The monoisotopic (exact) mass is 663 g/mol. The molecule has 2 heterocycles. The molecular weight excluding hydrogens is 624 g/mol. The Morgan fingerprint density at radius 1 is 1.20 bits per heavy atom.